The summed E-state index contributed by atoms with van der Waals surface area (Å²) < 4.78 is 24.1. The Morgan fingerprint density at radius 2 is 1.90 bits per heavy atom. The van der Waals surface area contributed by atoms with Gasteiger partial charge in [0.1, 0.15) is 43.0 Å². The number of carbonyl (C=O) groups excluding carboxylic acids is 3. The highest BCUT2D eigenvalue weighted by atomic mass is 16.7. The van der Waals surface area contributed by atoms with Crippen molar-refractivity contribution in [1.29, 1.82) is 5.26 Å². The molecule has 0 saturated carbocycles. The van der Waals surface area contributed by atoms with Crippen LogP contribution >= 0.6 is 0 Å². The van der Waals surface area contributed by atoms with Gasteiger partial charge in [0.2, 0.25) is 6.10 Å². The molecule has 0 radical (unpaired) electrons. The molecule has 1 saturated heterocycles. The van der Waals surface area contributed by atoms with Crippen LogP contribution < -0.4 is 11.5 Å². The average Bonchev–Trinajstić information content (AvgIpc) is 3.48. The number of ether oxygens (including phenoxy) is 4. The molecule has 0 bridgehead atoms. The Hall–Kier alpha value is -4.61. The average molecular weight is 552 g/mol. The Morgan fingerprint density at radius 3 is 2.55 bits per heavy atom. The predicted octanol–water partition coefficient (Wildman–Crippen LogP) is 0.596. The smallest absolute Gasteiger partial charge is 0.323 e. The molecule has 2 aromatic heterocycles. The lowest BCUT2D eigenvalue weighted by Crippen LogP contribution is -2.50. The van der Waals surface area contributed by atoms with Crippen molar-refractivity contribution >= 4 is 34.9 Å². The highest BCUT2D eigenvalue weighted by Gasteiger charge is 2.62. The third-order valence-corrected chi connectivity index (χ3v) is 6.40. The van der Waals surface area contributed by atoms with Gasteiger partial charge in [-0.05, 0) is 11.5 Å². The highest BCUT2D eigenvalue weighted by Crippen LogP contribution is 2.41. The van der Waals surface area contributed by atoms with Crippen molar-refractivity contribution in [3.8, 4) is 6.07 Å². The number of nitrogens with zero attached hydrogens (tertiary/aromatic N) is 5. The zero-order chi connectivity index (χ0) is 29.0. The Labute approximate surface area is 229 Å². The van der Waals surface area contributed by atoms with Crippen LogP contribution in [0.15, 0.2) is 43.0 Å². The molecule has 0 unspecified atom stereocenters. The third kappa shape index (κ3) is 5.56. The molecule has 0 spiro atoms. The Balaban J connectivity index is 1.73. The number of carbonyl (C=O) groups is 3. The van der Waals surface area contributed by atoms with Gasteiger partial charge in [0.15, 0.2) is 17.6 Å². The maximum absolute atomic E-state index is 12.9. The van der Waals surface area contributed by atoms with Crippen LogP contribution in [0, 0.1) is 17.2 Å². The van der Waals surface area contributed by atoms with Crippen LogP contribution in [-0.4, -0.2) is 68.4 Å². The fourth-order valence-corrected chi connectivity index (χ4v) is 4.28. The van der Waals surface area contributed by atoms with Gasteiger partial charge in [0.25, 0.3) is 5.72 Å². The van der Waals surface area contributed by atoms with E-state index in [9.17, 15) is 19.6 Å². The van der Waals surface area contributed by atoms with Crippen LogP contribution in [0.4, 0.5) is 5.82 Å². The van der Waals surface area contributed by atoms with Gasteiger partial charge < -0.3 is 30.4 Å². The number of nitrogen functional groups attached to an aromatic ring is 1. The normalized spacial score (nSPS) is 22.9. The van der Waals surface area contributed by atoms with Crippen molar-refractivity contribution in [3.63, 3.8) is 0 Å². The van der Waals surface area contributed by atoms with Crippen LogP contribution in [0.1, 0.15) is 26.3 Å². The molecular formula is C26H29N7O7. The number of hydrogen-bond acceptors (Lipinski definition) is 13. The molecular weight excluding hydrogens is 522 g/mol. The molecule has 0 amide bonds. The SMILES string of the molecule is CC(=O)O[C@@H]1[C@H](OC(=O)[C@@H](N)C(C)C)[C@@H](COC(=O)Cc2ccccc2)O[C@@]1(C#N)n1cnc2c(N)ncnc21. The number of benzene rings is 1. The van der Waals surface area contributed by atoms with E-state index in [4.69, 9.17) is 30.4 Å². The van der Waals surface area contributed by atoms with Gasteiger partial charge >= 0.3 is 17.9 Å². The van der Waals surface area contributed by atoms with Gasteiger partial charge in [0, 0.05) is 6.92 Å². The van der Waals surface area contributed by atoms with Crippen molar-refractivity contribution in [1.82, 2.24) is 19.5 Å². The fraction of sp³-hybridized carbons (Fsp3) is 0.423. The Kier molecular flexibility index (Phi) is 8.26. The predicted molar refractivity (Wildman–Crippen MR) is 138 cm³/mol. The number of imidazole rings is 1. The second-order valence-electron chi connectivity index (χ2n) is 9.56. The lowest BCUT2D eigenvalue weighted by atomic mass is 10.0. The van der Waals surface area contributed by atoms with E-state index in [0.29, 0.717) is 0 Å². The number of fused-ring (bicyclic) bond motifs is 1. The first-order chi connectivity index (χ1) is 19.1. The number of rotatable bonds is 9. The van der Waals surface area contributed by atoms with E-state index in [1.165, 1.54) is 17.2 Å². The molecule has 4 rings (SSSR count). The second kappa shape index (κ2) is 11.6. The largest absolute Gasteiger partial charge is 0.463 e. The fourth-order valence-electron chi connectivity index (χ4n) is 4.28. The number of anilines is 1. The number of nitriles is 1. The highest BCUT2D eigenvalue weighted by molar-refractivity contribution is 5.81. The molecule has 210 valence electrons. The molecule has 1 aliphatic rings. The van der Waals surface area contributed by atoms with E-state index in [1.54, 1.807) is 38.1 Å². The topological polar surface area (TPSA) is 208 Å². The van der Waals surface area contributed by atoms with Gasteiger partial charge in [-0.15, -0.1) is 0 Å². The van der Waals surface area contributed by atoms with Gasteiger partial charge in [-0.3, -0.25) is 19.0 Å². The van der Waals surface area contributed by atoms with Gasteiger partial charge in [-0.2, -0.15) is 5.26 Å². The van der Waals surface area contributed by atoms with Crippen molar-refractivity contribution in [2.75, 3.05) is 12.3 Å². The lowest BCUT2D eigenvalue weighted by molar-refractivity contribution is -0.172. The van der Waals surface area contributed by atoms with Crippen molar-refractivity contribution in [2.45, 2.75) is 57.3 Å². The Morgan fingerprint density at radius 1 is 1.18 bits per heavy atom. The molecule has 5 atom stereocenters. The molecule has 40 heavy (non-hydrogen) atoms. The van der Waals surface area contributed by atoms with Gasteiger partial charge in [0.05, 0.1) is 6.42 Å². The Bertz CT molecular complexity index is 1440. The summed E-state index contributed by atoms with van der Waals surface area (Å²) in [5.41, 5.74) is 10.8. The van der Waals surface area contributed by atoms with Crippen LogP contribution in [-0.2, 0) is 45.5 Å². The standard InChI is InChI=1S/C26H29N7O7/c1-14(2)19(28)25(36)39-21-17(10-37-18(35)9-16-7-5-4-6-8-16)40-26(11-27,22(21)38-15(3)34)33-13-32-20-23(29)30-12-31-24(20)33/h4-8,12-14,17,19,21-22H,9-10,28H2,1-3H3,(H2,29,30,31)/t17-,19+,21-,22-,26-/m1/s1. The van der Waals surface area contributed by atoms with Crippen molar-refractivity contribution in [2.24, 2.45) is 11.7 Å². The summed E-state index contributed by atoms with van der Waals surface area (Å²) in [6.45, 7) is 4.14. The van der Waals surface area contributed by atoms with E-state index >= 15 is 0 Å². The van der Waals surface area contributed by atoms with Gasteiger partial charge in [-0.25, -0.2) is 15.0 Å². The summed E-state index contributed by atoms with van der Waals surface area (Å²) in [7, 11) is 0. The lowest BCUT2D eigenvalue weighted by Gasteiger charge is -2.30. The van der Waals surface area contributed by atoms with Crippen LogP contribution in [0.3, 0.4) is 0 Å². The number of hydrogen-bond donors (Lipinski definition) is 2. The van der Waals surface area contributed by atoms with E-state index in [-0.39, 0.29) is 29.3 Å². The summed E-state index contributed by atoms with van der Waals surface area (Å²) in [5.74, 6) is -2.45. The molecule has 1 aromatic carbocycles. The van der Waals surface area contributed by atoms with Crippen molar-refractivity contribution < 1.29 is 33.3 Å². The maximum atomic E-state index is 12.9. The summed E-state index contributed by atoms with van der Waals surface area (Å²) in [6.07, 6.45) is -1.83. The number of esters is 3. The molecule has 3 aromatic rings. The summed E-state index contributed by atoms with van der Waals surface area (Å²) in [5, 5.41) is 10.5. The first-order valence-corrected chi connectivity index (χ1v) is 12.4. The second-order valence-corrected chi connectivity index (χ2v) is 9.56. The zero-order valence-electron chi connectivity index (χ0n) is 22.1. The first-order valence-electron chi connectivity index (χ1n) is 12.4. The summed E-state index contributed by atoms with van der Waals surface area (Å²) in [6, 6.07) is 9.90. The minimum Gasteiger partial charge on any atom is -0.463 e. The monoisotopic (exact) mass is 551 g/mol. The van der Waals surface area contributed by atoms with Crippen molar-refractivity contribution in [3.05, 3.63) is 48.5 Å². The molecule has 14 nitrogen and oxygen atoms in total. The van der Waals surface area contributed by atoms with E-state index in [1.807, 2.05) is 12.1 Å². The van der Waals surface area contributed by atoms with Crippen LogP contribution in [0.5, 0.6) is 0 Å². The zero-order valence-corrected chi connectivity index (χ0v) is 22.1. The summed E-state index contributed by atoms with van der Waals surface area (Å²) >= 11 is 0. The van der Waals surface area contributed by atoms with Crippen LogP contribution in [0.2, 0.25) is 0 Å². The molecule has 1 aliphatic heterocycles. The quantitative estimate of drug-likeness (QED) is 0.276. The third-order valence-electron chi connectivity index (χ3n) is 6.40. The molecule has 0 aliphatic carbocycles. The van der Waals surface area contributed by atoms with E-state index < -0.39 is 54.6 Å². The van der Waals surface area contributed by atoms with E-state index in [2.05, 4.69) is 15.0 Å². The molecule has 4 N–H and O–H groups in total. The molecule has 14 heteroatoms. The molecule has 1 fully saturated rings. The molecule has 3 heterocycles. The minimum absolute atomic E-state index is 0.0324. The maximum Gasteiger partial charge on any atom is 0.323 e. The minimum atomic E-state index is -2.15. The van der Waals surface area contributed by atoms with Crippen LogP contribution in [0.25, 0.3) is 11.2 Å². The van der Waals surface area contributed by atoms with E-state index in [0.717, 1.165) is 12.5 Å². The first kappa shape index (κ1) is 28.4. The number of aromatic nitrogens is 4. The summed E-state index contributed by atoms with van der Waals surface area (Å²) in [4.78, 5) is 50.0. The number of nitrogens with two attached hydrogens (primary N) is 2. The van der Waals surface area contributed by atoms with Gasteiger partial charge in [-0.1, -0.05) is 44.2 Å².